The molecule has 0 fully saturated rings. The minimum absolute atomic E-state index is 0.182. The van der Waals surface area contributed by atoms with E-state index in [0.717, 1.165) is 26.5 Å². The molecule has 0 aliphatic heterocycles. The number of rotatable bonds is 3. The Kier molecular flexibility index (Phi) is 4.03. The zero-order valence-electron chi connectivity index (χ0n) is 13.3. The predicted molar refractivity (Wildman–Crippen MR) is 104 cm³/mol. The molecule has 6 heteroatoms. The number of aromatic nitrogens is 2. The monoisotopic (exact) mass is 367 g/mol. The van der Waals surface area contributed by atoms with Crippen LogP contribution < -0.4 is 5.32 Å². The lowest BCUT2D eigenvalue weighted by atomic mass is 10.1. The van der Waals surface area contributed by atoms with Crippen molar-refractivity contribution < 1.29 is 4.79 Å². The second-order valence-electron chi connectivity index (χ2n) is 5.68. The Labute approximate surface area is 153 Å². The summed E-state index contributed by atoms with van der Waals surface area (Å²) in [5, 5.41) is 11.9. The molecule has 0 radical (unpaired) electrons. The number of anilines is 1. The Bertz CT molecular complexity index is 1070. The summed E-state index contributed by atoms with van der Waals surface area (Å²) in [6.45, 7) is 2.06. The van der Waals surface area contributed by atoms with Gasteiger partial charge in [-0.25, -0.2) is 0 Å². The van der Waals surface area contributed by atoms with Crippen molar-refractivity contribution in [3.05, 3.63) is 70.7 Å². The molecule has 0 bridgehead atoms. The topological polar surface area (TPSA) is 57.8 Å². The van der Waals surface area contributed by atoms with Crippen LogP contribution in [0.2, 0.25) is 5.02 Å². The van der Waals surface area contributed by atoms with E-state index in [-0.39, 0.29) is 5.91 Å². The number of aryl methyl sites for hydroxylation is 1. The third kappa shape index (κ3) is 3.04. The fraction of sp³-hybridized carbons (Fsp3) is 0.0526. The van der Waals surface area contributed by atoms with Crippen LogP contribution in [0.25, 0.3) is 20.7 Å². The maximum absolute atomic E-state index is 12.2. The van der Waals surface area contributed by atoms with E-state index in [1.807, 2.05) is 42.5 Å². The van der Waals surface area contributed by atoms with Gasteiger partial charge in [0.25, 0.3) is 5.91 Å². The van der Waals surface area contributed by atoms with Crippen molar-refractivity contribution in [1.82, 2.24) is 10.2 Å². The summed E-state index contributed by atoms with van der Waals surface area (Å²) in [5.41, 5.74) is 2.62. The van der Waals surface area contributed by atoms with Crippen molar-refractivity contribution in [3.63, 3.8) is 0 Å². The molecule has 4 aromatic rings. The van der Waals surface area contributed by atoms with E-state index in [9.17, 15) is 4.79 Å². The molecule has 0 saturated carbocycles. The number of hydrogen-bond donors (Lipinski definition) is 2. The maximum Gasteiger partial charge on any atom is 0.256 e. The number of nitrogens with zero attached hydrogens (tertiary/aromatic N) is 1. The molecule has 2 heterocycles. The van der Waals surface area contributed by atoms with Crippen LogP contribution in [0.1, 0.15) is 15.9 Å². The lowest BCUT2D eigenvalue weighted by Crippen LogP contribution is -2.11. The lowest BCUT2D eigenvalue weighted by Gasteiger charge is -2.00. The molecule has 0 spiro atoms. The zero-order valence-corrected chi connectivity index (χ0v) is 14.9. The number of amides is 1. The average Bonchev–Trinajstić information content (AvgIpc) is 3.20. The highest BCUT2D eigenvalue weighted by atomic mass is 35.5. The van der Waals surface area contributed by atoms with Gasteiger partial charge in [0.2, 0.25) is 0 Å². The van der Waals surface area contributed by atoms with Crippen molar-refractivity contribution in [2.75, 3.05) is 5.32 Å². The van der Waals surface area contributed by atoms with E-state index in [0.29, 0.717) is 11.4 Å². The quantitative estimate of drug-likeness (QED) is 0.502. The SMILES string of the molecule is Cc1c(-c2cc(NC(=O)c3ccccc3)n[nH]2)sc2ccc(Cl)cc12. The molecule has 4 nitrogen and oxygen atoms in total. The molecule has 2 aromatic carbocycles. The van der Waals surface area contributed by atoms with Crippen molar-refractivity contribution >= 4 is 44.7 Å². The number of thiophene rings is 1. The van der Waals surface area contributed by atoms with Crippen molar-refractivity contribution in [1.29, 1.82) is 0 Å². The lowest BCUT2D eigenvalue weighted by molar-refractivity contribution is 0.102. The molecule has 2 aromatic heterocycles. The molecular weight excluding hydrogens is 354 g/mol. The Morgan fingerprint density at radius 3 is 2.76 bits per heavy atom. The highest BCUT2D eigenvalue weighted by molar-refractivity contribution is 7.22. The number of benzene rings is 2. The summed E-state index contributed by atoms with van der Waals surface area (Å²) in [6, 6.07) is 16.8. The van der Waals surface area contributed by atoms with Gasteiger partial charge in [0.05, 0.1) is 10.6 Å². The smallest absolute Gasteiger partial charge is 0.256 e. The second kappa shape index (κ2) is 6.35. The number of halogens is 1. The first-order chi connectivity index (χ1) is 12.1. The average molecular weight is 368 g/mol. The van der Waals surface area contributed by atoms with Crippen LogP contribution in [-0.4, -0.2) is 16.1 Å². The molecule has 0 atom stereocenters. The number of H-pyrrole nitrogens is 1. The Morgan fingerprint density at radius 2 is 1.96 bits per heavy atom. The normalized spacial score (nSPS) is 11.0. The molecule has 0 aliphatic rings. The minimum Gasteiger partial charge on any atom is -0.305 e. The molecule has 0 unspecified atom stereocenters. The Balaban J connectivity index is 1.63. The van der Waals surface area contributed by atoms with E-state index in [4.69, 9.17) is 11.6 Å². The van der Waals surface area contributed by atoms with Crippen molar-refractivity contribution in [2.24, 2.45) is 0 Å². The molecular formula is C19H14ClN3OS. The van der Waals surface area contributed by atoms with Crippen LogP contribution in [0.15, 0.2) is 54.6 Å². The largest absolute Gasteiger partial charge is 0.305 e. The third-order valence-corrected chi connectivity index (χ3v) is 5.54. The van der Waals surface area contributed by atoms with E-state index in [1.54, 1.807) is 23.5 Å². The third-order valence-electron chi connectivity index (χ3n) is 4.00. The highest BCUT2D eigenvalue weighted by Gasteiger charge is 2.14. The number of aromatic amines is 1. The van der Waals surface area contributed by atoms with Crippen LogP contribution in [0.4, 0.5) is 5.82 Å². The van der Waals surface area contributed by atoms with Gasteiger partial charge in [0, 0.05) is 21.4 Å². The number of carbonyl (C=O) groups excluding carboxylic acids is 1. The molecule has 1 amide bonds. The molecule has 0 aliphatic carbocycles. The molecule has 124 valence electrons. The molecule has 2 N–H and O–H groups in total. The van der Waals surface area contributed by atoms with Crippen LogP contribution in [0.3, 0.4) is 0 Å². The summed E-state index contributed by atoms with van der Waals surface area (Å²) in [6.07, 6.45) is 0. The fourth-order valence-electron chi connectivity index (χ4n) is 2.73. The van der Waals surface area contributed by atoms with Gasteiger partial charge in [-0.15, -0.1) is 11.3 Å². The number of fused-ring (bicyclic) bond motifs is 1. The van der Waals surface area contributed by atoms with Gasteiger partial charge in [-0.1, -0.05) is 29.8 Å². The fourth-order valence-corrected chi connectivity index (χ4v) is 4.06. The standard InChI is InChI=1S/C19H14ClN3OS/c1-11-14-9-13(20)7-8-16(14)25-18(11)15-10-17(23-22-15)21-19(24)12-5-3-2-4-6-12/h2-10H,1H3,(H2,21,22,23,24). The van der Waals surface area contributed by atoms with E-state index in [2.05, 4.69) is 22.4 Å². The summed E-state index contributed by atoms with van der Waals surface area (Å²) >= 11 is 7.77. The Hall–Kier alpha value is -2.63. The van der Waals surface area contributed by atoms with Gasteiger partial charge in [-0.05, 0) is 48.2 Å². The number of carbonyl (C=O) groups is 1. The van der Waals surface area contributed by atoms with E-state index >= 15 is 0 Å². The van der Waals surface area contributed by atoms with Crippen LogP contribution in [-0.2, 0) is 0 Å². The summed E-state index contributed by atoms with van der Waals surface area (Å²) in [4.78, 5) is 13.3. The van der Waals surface area contributed by atoms with E-state index < -0.39 is 0 Å². The van der Waals surface area contributed by atoms with Gasteiger partial charge in [-0.2, -0.15) is 5.10 Å². The molecule has 0 saturated heterocycles. The highest BCUT2D eigenvalue weighted by Crippen LogP contribution is 2.38. The second-order valence-corrected chi connectivity index (χ2v) is 7.17. The first-order valence-electron chi connectivity index (χ1n) is 7.72. The summed E-state index contributed by atoms with van der Waals surface area (Å²) in [7, 11) is 0. The summed E-state index contributed by atoms with van der Waals surface area (Å²) in [5.74, 6) is 0.317. The van der Waals surface area contributed by atoms with Crippen LogP contribution in [0, 0.1) is 6.92 Å². The predicted octanol–water partition coefficient (Wildman–Crippen LogP) is 5.51. The van der Waals surface area contributed by atoms with Gasteiger partial charge in [0.1, 0.15) is 0 Å². The van der Waals surface area contributed by atoms with Gasteiger partial charge >= 0.3 is 0 Å². The van der Waals surface area contributed by atoms with Gasteiger partial charge in [-0.3, -0.25) is 9.89 Å². The maximum atomic E-state index is 12.2. The first-order valence-corrected chi connectivity index (χ1v) is 8.92. The van der Waals surface area contributed by atoms with Crippen LogP contribution >= 0.6 is 22.9 Å². The molecule has 4 rings (SSSR count). The first kappa shape index (κ1) is 15.9. The Morgan fingerprint density at radius 1 is 1.16 bits per heavy atom. The van der Waals surface area contributed by atoms with Gasteiger partial charge in [0.15, 0.2) is 5.82 Å². The minimum atomic E-state index is -0.182. The zero-order chi connectivity index (χ0) is 17.4. The van der Waals surface area contributed by atoms with E-state index in [1.165, 1.54) is 4.70 Å². The van der Waals surface area contributed by atoms with Crippen LogP contribution in [0.5, 0.6) is 0 Å². The number of nitrogens with one attached hydrogen (secondary N) is 2. The van der Waals surface area contributed by atoms with Crippen molar-refractivity contribution in [3.8, 4) is 10.6 Å². The number of hydrogen-bond acceptors (Lipinski definition) is 3. The summed E-state index contributed by atoms with van der Waals surface area (Å²) < 4.78 is 1.17. The molecule has 25 heavy (non-hydrogen) atoms. The van der Waals surface area contributed by atoms with Gasteiger partial charge < -0.3 is 5.32 Å². The van der Waals surface area contributed by atoms with Crippen molar-refractivity contribution in [2.45, 2.75) is 6.92 Å².